The fraction of sp³-hybridized carbons (Fsp3) is 0. The molecule has 0 atom stereocenters. The Morgan fingerprint density at radius 3 is 1.51 bits per heavy atom. The first-order valence-corrected chi connectivity index (χ1v) is 12.0. The molecule has 0 radical (unpaired) electrons. The zero-order valence-corrected chi connectivity index (χ0v) is 19.2. The predicted octanol–water partition coefficient (Wildman–Crippen LogP) is 9.62. The standard InChI is InChI=1S/C34H23N/c1-3-9-24(10-4-1)25-15-18-29(19-16-25)35(28-11-5-2-6-12-28)30-20-17-26-22-33-31-13-7-8-14-32(31)34(33)23-27(26)21-30/h1-23H. The van der Waals surface area contributed by atoms with Crippen molar-refractivity contribution in [2.75, 3.05) is 4.90 Å². The molecular weight excluding hydrogens is 422 g/mol. The van der Waals surface area contributed by atoms with Crippen LogP contribution in [-0.2, 0) is 0 Å². The molecule has 0 amide bonds. The van der Waals surface area contributed by atoms with E-state index in [0.717, 1.165) is 17.1 Å². The van der Waals surface area contributed by atoms with E-state index in [4.69, 9.17) is 0 Å². The number of anilines is 3. The third kappa shape index (κ3) is 3.33. The summed E-state index contributed by atoms with van der Waals surface area (Å²) in [5.74, 6) is 0. The summed E-state index contributed by atoms with van der Waals surface area (Å²) in [5, 5.41) is 2.53. The Kier molecular flexibility index (Phi) is 4.53. The van der Waals surface area contributed by atoms with Crippen LogP contribution in [0.15, 0.2) is 140 Å². The van der Waals surface area contributed by atoms with Crippen LogP contribution >= 0.6 is 0 Å². The van der Waals surface area contributed by atoms with Gasteiger partial charge in [0.25, 0.3) is 0 Å². The fourth-order valence-corrected chi connectivity index (χ4v) is 5.22. The van der Waals surface area contributed by atoms with Crippen molar-refractivity contribution in [3.05, 3.63) is 140 Å². The van der Waals surface area contributed by atoms with E-state index >= 15 is 0 Å². The van der Waals surface area contributed by atoms with Crippen LogP contribution in [0.4, 0.5) is 17.1 Å². The van der Waals surface area contributed by atoms with Crippen molar-refractivity contribution in [2.24, 2.45) is 0 Å². The van der Waals surface area contributed by atoms with Gasteiger partial charge < -0.3 is 4.90 Å². The summed E-state index contributed by atoms with van der Waals surface area (Å²) < 4.78 is 0. The number of hydrogen-bond donors (Lipinski definition) is 0. The van der Waals surface area contributed by atoms with Crippen molar-refractivity contribution in [3.63, 3.8) is 0 Å². The summed E-state index contributed by atoms with van der Waals surface area (Å²) in [6.45, 7) is 0. The topological polar surface area (TPSA) is 3.24 Å². The molecule has 6 aromatic rings. The van der Waals surface area contributed by atoms with Gasteiger partial charge in [0.2, 0.25) is 0 Å². The average Bonchev–Trinajstić information content (AvgIpc) is 2.93. The van der Waals surface area contributed by atoms with Gasteiger partial charge in [-0.25, -0.2) is 0 Å². The van der Waals surface area contributed by atoms with Crippen LogP contribution in [0.5, 0.6) is 0 Å². The zero-order valence-electron chi connectivity index (χ0n) is 19.2. The minimum atomic E-state index is 1.14. The Labute approximate surface area is 205 Å². The summed E-state index contributed by atoms with van der Waals surface area (Å²) in [6.07, 6.45) is 0. The highest BCUT2D eigenvalue weighted by Gasteiger charge is 2.22. The number of nitrogens with zero attached hydrogens (tertiary/aromatic N) is 1. The van der Waals surface area contributed by atoms with E-state index in [9.17, 15) is 0 Å². The van der Waals surface area contributed by atoms with Crippen molar-refractivity contribution in [1.82, 2.24) is 0 Å². The Morgan fingerprint density at radius 1 is 0.314 bits per heavy atom. The number of fused-ring (bicyclic) bond motifs is 5. The number of rotatable bonds is 4. The molecule has 1 nitrogen and oxygen atoms in total. The highest BCUT2D eigenvalue weighted by Crippen LogP contribution is 2.49. The lowest BCUT2D eigenvalue weighted by molar-refractivity contribution is 1.29. The molecule has 0 heterocycles. The molecule has 1 aliphatic rings. The molecule has 0 aromatic heterocycles. The molecule has 1 heteroatoms. The maximum absolute atomic E-state index is 2.35. The summed E-state index contributed by atoms with van der Waals surface area (Å²) in [6, 6.07) is 50.1. The monoisotopic (exact) mass is 445 g/mol. The van der Waals surface area contributed by atoms with Crippen molar-refractivity contribution in [1.29, 1.82) is 0 Å². The molecule has 0 fully saturated rings. The van der Waals surface area contributed by atoms with E-state index in [0.29, 0.717) is 0 Å². The smallest absolute Gasteiger partial charge is 0.0468 e. The highest BCUT2D eigenvalue weighted by atomic mass is 15.1. The van der Waals surface area contributed by atoms with Crippen molar-refractivity contribution >= 4 is 27.8 Å². The van der Waals surface area contributed by atoms with Gasteiger partial charge >= 0.3 is 0 Å². The summed E-state index contributed by atoms with van der Waals surface area (Å²) >= 11 is 0. The molecule has 6 aromatic carbocycles. The van der Waals surface area contributed by atoms with Gasteiger partial charge in [0.1, 0.15) is 0 Å². The van der Waals surface area contributed by atoms with Crippen LogP contribution in [0.3, 0.4) is 0 Å². The summed E-state index contributed by atoms with van der Waals surface area (Å²) in [4.78, 5) is 2.33. The van der Waals surface area contributed by atoms with Crippen LogP contribution in [0.1, 0.15) is 0 Å². The maximum atomic E-state index is 2.35. The third-order valence-corrected chi connectivity index (χ3v) is 6.97. The van der Waals surface area contributed by atoms with E-state index in [1.54, 1.807) is 0 Å². The van der Waals surface area contributed by atoms with E-state index in [-0.39, 0.29) is 0 Å². The molecule has 0 saturated carbocycles. The molecule has 0 aliphatic heterocycles. The largest absolute Gasteiger partial charge is 0.310 e. The number of hydrogen-bond acceptors (Lipinski definition) is 1. The van der Waals surface area contributed by atoms with Crippen molar-refractivity contribution in [2.45, 2.75) is 0 Å². The normalized spacial score (nSPS) is 11.4. The van der Waals surface area contributed by atoms with Gasteiger partial charge in [-0.05, 0) is 92.7 Å². The number of benzene rings is 6. The SMILES string of the molecule is c1ccc(-c2ccc(N(c3ccccc3)c3ccc4cc5c(cc4c3)-c3ccccc3-5)cc2)cc1. The molecule has 7 rings (SSSR count). The zero-order chi connectivity index (χ0) is 23.2. The second-order valence-electron chi connectivity index (χ2n) is 9.06. The van der Waals surface area contributed by atoms with Crippen molar-refractivity contribution < 1.29 is 0 Å². The van der Waals surface area contributed by atoms with Crippen LogP contribution in [-0.4, -0.2) is 0 Å². The molecule has 35 heavy (non-hydrogen) atoms. The summed E-state index contributed by atoms with van der Waals surface area (Å²) in [7, 11) is 0. The van der Waals surface area contributed by atoms with E-state index in [1.807, 2.05) is 0 Å². The van der Waals surface area contributed by atoms with Crippen LogP contribution in [0, 0.1) is 0 Å². The summed E-state index contributed by atoms with van der Waals surface area (Å²) in [5.41, 5.74) is 11.3. The highest BCUT2D eigenvalue weighted by molar-refractivity contribution is 6.08. The minimum absolute atomic E-state index is 1.14. The molecule has 0 spiro atoms. The van der Waals surface area contributed by atoms with Gasteiger partial charge in [-0.3, -0.25) is 0 Å². The molecule has 0 bridgehead atoms. The van der Waals surface area contributed by atoms with Gasteiger partial charge in [-0.2, -0.15) is 0 Å². The molecule has 0 unspecified atom stereocenters. The van der Waals surface area contributed by atoms with Gasteiger partial charge in [-0.1, -0.05) is 91.0 Å². The Hall–Kier alpha value is -4.62. The van der Waals surface area contributed by atoms with E-state index in [1.165, 1.54) is 44.2 Å². The minimum Gasteiger partial charge on any atom is -0.310 e. The Morgan fingerprint density at radius 2 is 0.829 bits per heavy atom. The van der Waals surface area contributed by atoms with Crippen molar-refractivity contribution in [3.8, 4) is 33.4 Å². The first-order valence-electron chi connectivity index (χ1n) is 12.0. The van der Waals surface area contributed by atoms with Gasteiger partial charge in [0, 0.05) is 17.1 Å². The van der Waals surface area contributed by atoms with E-state index in [2.05, 4.69) is 144 Å². The van der Waals surface area contributed by atoms with Crippen LogP contribution in [0.25, 0.3) is 44.2 Å². The second-order valence-corrected chi connectivity index (χ2v) is 9.06. The average molecular weight is 446 g/mol. The molecule has 1 aliphatic carbocycles. The second kappa shape index (κ2) is 8.00. The Bertz CT molecular complexity index is 1670. The first-order chi connectivity index (χ1) is 17.3. The molecular formula is C34H23N. The van der Waals surface area contributed by atoms with E-state index < -0.39 is 0 Å². The lowest BCUT2D eigenvalue weighted by Gasteiger charge is -2.27. The lowest BCUT2D eigenvalue weighted by Crippen LogP contribution is -2.09. The maximum Gasteiger partial charge on any atom is 0.0468 e. The quantitative estimate of drug-likeness (QED) is 0.261. The Balaban J connectivity index is 1.33. The molecule has 0 N–H and O–H groups in total. The van der Waals surface area contributed by atoms with Gasteiger partial charge in [0.05, 0.1) is 0 Å². The number of para-hydroxylation sites is 1. The third-order valence-electron chi connectivity index (χ3n) is 6.97. The first kappa shape index (κ1) is 19.8. The van der Waals surface area contributed by atoms with Crippen LogP contribution < -0.4 is 4.90 Å². The van der Waals surface area contributed by atoms with Gasteiger partial charge in [0.15, 0.2) is 0 Å². The lowest BCUT2D eigenvalue weighted by atomic mass is 9.79. The van der Waals surface area contributed by atoms with Crippen LogP contribution in [0.2, 0.25) is 0 Å². The fourth-order valence-electron chi connectivity index (χ4n) is 5.22. The predicted molar refractivity (Wildman–Crippen MR) is 148 cm³/mol. The molecule has 0 saturated heterocycles. The molecule has 164 valence electrons. The van der Waals surface area contributed by atoms with Gasteiger partial charge in [-0.15, -0.1) is 0 Å².